The van der Waals surface area contributed by atoms with Crippen LogP contribution in [0.4, 0.5) is 0 Å². The van der Waals surface area contributed by atoms with Crippen LogP contribution in [0.5, 0.6) is 5.75 Å². The molecule has 0 saturated carbocycles. The minimum atomic E-state index is 0.155. The molecule has 1 aliphatic heterocycles. The van der Waals surface area contributed by atoms with Crippen molar-refractivity contribution in [2.75, 3.05) is 34.3 Å². The summed E-state index contributed by atoms with van der Waals surface area (Å²) in [7, 11) is 5.89. The molecule has 2 heterocycles. The van der Waals surface area contributed by atoms with E-state index in [-0.39, 0.29) is 5.91 Å². The Morgan fingerprint density at radius 3 is 2.67 bits per heavy atom. The Morgan fingerprint density at radius 2 is 1.91 bits per heavy atom. The molecular weight excluding hydrogens is 410 g/mol. The van der Waals surface area contributed by atoms with Gasteiger partial charge in [0.25, 0.3) is 5.91 Å². The lowest BCUT2D eigenvalue weighted by atomic mass is 9.97. The highest BCUT2D eigenvalue weighted by Crippen LogP contribution is 2.38. The number of allylic oxidation sites excluding steroid dienone is 1. The molecule has 1 amide bonds. The van der Waals surface area contributed by atoms with E-state index < -0.39 is 0 Å². The number of nitrogens with zero attached hydrogens (tertiary/aromatic N) is 3. The van der Waals surface area contributed by atoms with Crippen molar-refractivity contribution < 1.29 is 9.53 Å². The zero-order valence-corrected chi connectivity index (χ0v) is 19.7. The number of fused-ring (bicyclic) bond motifs is 2. The van der Waals surface area contributed by atoms with Crippen LogP contribution in [-0.2, 0) is 6.42 Å². The second-order valence-electron chi connectivity index (χ2n) is 9.28. The van der Waals surface area contributed by atoms with E-state index >= 15 is 0 Å². The summed E-state index contributed by atoms with van der Waals surface area (Å²) in [6.45, 7) is 1.61. The Labute approximate surface area is 195 Å². The van der Waals surface area contributed by atoms with Crippen molar-refractivity contribution in [1.82, 2.24) is 14.8 Å². The van der Waals surface area contributed by atoms with Crippen LogP contribution in [0.15, 0.2) is 48.5 Å². The van der Waals surface area contributed by atoms with Crippen LogP contribution in [0.25, 0.3) is 22.6 Å². The summed E-state index contributed by atoms with van der Waals surface area (Å²) in [5.74, 6) is 1.00. The first kappa shape index (κ1) is 21.7. The van der Waals surface area contributed by atoms with Gasteiger partial charge in [0.2, 0.25) is 0 Å². The van der Waals surface area contributed by atoms with E-state index in [1.54, 1.807) is 7.11 Å². The third-order valence-electron chi connectivity index (χ3n) is 7.03. The van der Waals surface area contributed by atoms with E-state index in [0.717, 1.165) is 77.8 Å². The van der Waals surface area contributed by atoms with Crippen molar-refractivity contribution in [1.29, 1.82) is 0 Å². The van der Waals surface area contributed by atoms with Crippen LogP contribution < -0.4 is 4.74 Å². The predicted octanol–water partition coefficient (Wildman–Crippen LogP) is 4.90. The number of pyridine rings is 1. The number of methoxy groups -OCH3 is 1. The molecule has 1 aliphatic carbocycles. The first-order chi connectivity index (χ1) is 16.0. The third-order valence-corrected chi connectivity index (χ3v) is 7.03. The lowest BCUT2D eigenvalue weighted by molar-refractivity contribution is 0.0636. The fourth-order valence-corrected chi connectivity index (χ4v) is 5.14. The quantitative estimate of drug-likeness (QED) is 0.578. The minimum absolute atomic E-state index is 0.155. The highest BCUT2D eigenvalue weighted by Gasteiger charge is 2.31. The Balaban J connectivity index is 1.57. The Bertz CT molecular complexity index is 1210. The molecule has 1 fully saturated rings. The summed E-state index contributed by atoms with van der Waals surface area (Å²) in [5.41, 5.74) is 6.14. The van der Waals surface area contributed by atoms with Gasteiger partial charge >= 0.3 is 0 Å². The van der Waals surface area contributed by atoms with Crippen LogP contribution in [0, 0.1) is 0 Å². The highest BCUT2D eigenvalue weighted by atomic mass is 16.5. The average Bonchev–Trinajstić information content (AvgIpc) is 3.24. The molecule has 1 saturated heterocycles. The van der Waals surface area contributed by atoms with Gasteiger partial charge in [0.15, 0.2) is 0 Å². The molecule has 3 aromatic rings. The highest BCUT2D eigenvalue weighted by molar-refractivity contribution is 6.09. The number of para-hydroxylation sites is 1. The third kappa shape index (κ3) is 4.13. The molecule has 170 valence electrons. The second-order valence-corrected chi connectivity index (χ2v) is 9.28. The summed E-state index contributed by atoms with van der Waals surface area (Å²) in [6, 6.07) is 16.6. The van der Waals surface area contributed by atoms with E-state index in [2.05, 4.69) is 48.2 Å². The number of benzene rings is 2. The first-order valence-corrected chi connectivity index (χ1v) is 11.8. The largest absolute Gasteiger partial charge is 0.497 e. The molecule has 0 spiro atoms. The molecule has 0 bridgehead atoms. The van der Waals surface area contributed by atoms with Gasteiger partial charge in [-0.2, -0.15) is 0 Å². The van der Waals surface area contributed by atoms with E-state index in [1.807, 2.05) is 30.3 Å². The molecular formula is C28H31N3O2. The number of carbonyl (C=O) groups excluding carboxylic acids is 1. The fourth-order valence-electron chi connectivity index (χ4n) is 5.14. The number of hydrogen-bond acceptors (Lipinski definition) is 4. The van der Waals surface area contributed by atoms with Crippen molar-refractivity contribution in [3.63, 3.8) is 0 Å². The minimum Gasteiger partial charge on any atom is -0.497 e. The van der Waals surface area contributed by atoms with Crippen LogP contribution in [-0.4, -0.2) is 61.0 Å². The van der Waals surface area contributed by atoms with E-state index in [4.69, 9.17) is 9.72 Å². The van der Waals surface area contributed by atoms with Gasteiger partial charge in [0.1, 0.15) is 5.75 Å². The molecule has 0 N–H and O–H groups in total. The molecule has 1 atom stereocenters. The topological polar surface area (TPSA) is 45.7 Å². The van der Waals surface area contributed by atoms with Gasteiger partial charge < -0.3 is 14.5 Å². The first-order valence-electron chi connectivity index (χ1n) is 11.8. The van der Waals surface area contributed by atoms with E-state index in [9.17, 15) is 4.79 Å². The van der Waals surface area contributed by atoms with Crippen molar-refractivity contribution in [3.8, 4) is 5.75 Å². The number of rotatable bonds is 4. The average molecular weight is 442 g/mol. The molecule has 2 aromatic carbocycles. The zero-order valence-electron chi connectivity index (χ0n) is 19.7. The smallest absolute Gasteiger partial charge is 0.254 e. The van der Waals surface area contributed by atoms with E-state index in [0.29, 0.717) is 6.04 Å². The zero-order chi connectivity index (χ0) is 22.9. The Morgan fingerprint density at radius 1 is 1.12 bits per heavy atom. The number of ether oxygens (including phenoxy) is 1. The van der Waals surface area contributed by atoms with Crippen molar-refractivity contribution in [3.05, 3.63) is 70.9 Å². The summed E-state index contributed by atoms with van der Waals surface area (Å²) >= 11 is 0. The second kappa shape index (κ2) is 8.99. The molecule has 5 heteroatoms. The molecule has 1 aromatic heterocycles. The SMILES string of the molecule is COc1ccc(/C=C2\CCc3c2nc2ccccc2c3C(=O)N2CCCC(N(C)C)C2)cc1. The summed E-state index contributed by atoms with van der Waals surface area (Å²) < 4.78 is 5.29. The summed E-state index contributed by atoms with van der Waals surface area (Å²) in [5, 5.41) is 0.971. The Kier molecular flexibility index (Phi) is 5.90. The summed E-state index contributed by atoms with van der Waals surface area (Å²) in [4.78, 5) is 23.2. The number of carbonyl (C=O) groups is 1. The van der Waals surface area contributed by atoms with Crippen molar-refractivity contribution >= 4 is 28.5 Å². The maximum atomic E-state index is 13.9. The molecule has 33 heavy (non-hydrogen) atoms. The lowest BCUT2D eigenvalue weighted by Gasteiger charge is -2.36. The Hall–Kier alpha value is -3.18. The number of amides is 1. The van der Waals surface area contributed by atoms with Gasteiger partial charge in [-0.1, -0.05) is 30.3 Å². The number of aromatic nitrogens is 1. The van der Waals surface area contributed by atoms with Crippen LogP contribution in [0.1, 0.15) is 46.4 Å². The van der Waals surface area contributed by atoms with Gasteiger partial charge in [-0.3, -0.25) is 4.79 Å². The number of piperidine rings is 1. The number of likely N-dealkylation sites (tertiary alicyclic amines) is 1. The molecule has 2 aliphatic rings. The normalized spacial score (nSPS) is 19.3. The molecule has 5 rings (SSSR count). The van der Waals surface area contributed by atoms with Gasteiger partial charge in [-0.05, 0) is 80.8 Å². The van der Waals surface area contributed by atoms with Crippen molar-refractivity contribution in [2.24, 2.45) is 0 Å². The number of likely N-dealkylation sites (N-methyl/N-ethyl adjacent to an activating group) is 1. The monoisotopic (exact) mass is 441 g/mol. The maximum absolute atomic E-state index is 13.9. The van der Waals surface area contributed by atoms with Gasteiger partial charge in [0, 0.05) is 24.5 Å². The van der Waals surface area contributed by atoms with Crippen LogP contribution in [0.3, 0.4) is 0 Å². The van der Waals surface area contributed by atoms with E-state index in [1.165, 1.54) is 5.57 Å². The summed E-state index contributed by atoms with van der Waals surface area (Å²) in [6.07, 6.45) is 6.12. The standard InChI is InChI=1S/C28H31N3O2/c1-30(2)21-7-6-16-31(18-21)28(32)26-23-8-4-5-9-25(23)29-27-20(12-15-24(26)27)17-19-10-13-22(33-3)14-11-19/h4-5,8-11,13-14,17,21H,6-7,12,15-16,18H2,1-3H3/b20-17+. The van der Waals surface area contributed by atoms with Crippen molar-refractivity contribution in [2.45, 2.75) is 31.7 Å². The predicted molar refractivity (Wildman–Crippen MR) is 134 cm³/mol. The van der Waals surface area contributed by atoms with Gasteiger partial charge in [-0.25, -0.2) is 4.98 Å². The fraction of sp³-hybridized carbons (Fsp3) is 0.357. The molecule has 0 radical (unpaired) electrons. The van der Waals surface area contributed by atoms with Gasteiger partial charge in [0.05, 0.1) is 23.9 Å². The maximum Gasteiger partial charge on any atom is 0.254 e. The molecule has 5 nitrogen and oxygen atoms in total. The lowest BCUT2D eigenvalue weighted by Crippen LogP contribution is -2.47. The number of hydrogen-bond donors (Lipinski definition) is 0. The molecule has 1 unspecified atom stereocenters. The van der Waals surface area contributed by atoms with Gasteiger partial charge in [-0.15, -0.1) is 0 Å². The van der Waals surface area contributed by atoms with Crippen LogP contribution in [0.2, 0.25) is 0 Å². The van der Waals surface area contributed by atoms with Crippen LogP contribution >= 0.6 is 0 Å².